The molecule has 4 nitrogen and oxygen atoms in total. The van der Waals surface area contributed by atoms with E-state index in [4.69, 9.17) is 4.74 Å². The van der Waals surface area contributed by atoms with Gasteiger partial charge in [0, 0.05) is 23.5 Å². The second-order valence-corrected chi connectivity index (χ2v) is 6.72. The molecule has 2 aromatic heterocycles. The summed E-state index contributed by atoms with van der Waals surface area (Å²) in [5, 5.41) is 1.82. The fourth-order valence-corrected chi connectivity index (χ4v) is 3.37. The molecule has 3 rings (SSSR count). The average molecular weight is 329 g/mol. The summed E-state index contributed by atoms with van der Waals surface area (Å²) in [5.74, 6) is -0.667. The largest absolute Gasteiger partial charge is 0.454 e. The molecule has 0 unspecified atom stereocenters. The summed E-state index contributed by atoms with van der Waals surface area (Å²) in [6.07, 6.45) is 5.61. The molecule has 5 heteroatoms. The van der Waals surface area contributed by atoms with Crippen LogP contribution < -0.4 is 0 Å². The highest BCUT2D eigenvalue weighted by atomic mass is 32.1. The number of esters is 1. The number of aromatic nitrogens is 1. The van der Waals surface area contributed by atoms with Gasteiger partial charge in [0.05, 0.1) is 4.88 Å². The normalized spacial score (nSPS) is 14.3. The Morgan fingerprint density at radius 2 is 2.17 bits per heavy atom. The highest BCUT2D eigenvalue weighted by Gasteiger charge is 2.26. The number of hydrogen-bond donors (Lipinski definition) is 0. The Kier molecular flexibility index (Phi) is 4.48. The number of thiophene rings is 1. The molecule has 1 aliphatic rings. The molecule has 0 radical (unpaired) electrons. The third-order valence-corrected chi connectivity index (χ3v) is 4.89. The molecule has 0 aliphatic heterocycles. The van der Waals surface area contributed by atoms with Crippen LogP contribution in [0.4, 0.5) is 0 Å². The van der Waals surface area contributed by atoms with Crippen molar-refractivity contribution in [2.75, 3.05) is 6.61 Å². The molecule has 23 heavy (non-hydrogen) atoms. The molecule has 2 heterocycles. The first-order chi connectivity index (χ1) is 11.1. The van der Waals surface area contributed by atoms with Gasteiger partial charge in [-0.1, -0.05) is 6.07 Å². The zero-order valence-electron chi connectivity index (χ0n) is 13.2. The molecule has 2 aromatic rings. The molecule has 1 aliphatic carbocycles. The summed E-state index contributed by atoms with van der Waals surface area (Å²) in [6, 6.07) is 6.22. The summed E-state index contributed by atoms with van der Waals surface area (Å²) in [6.45, 7) is 3.93. The Balaban J connectivity index is 1.58. The van der Waals surface area contributed by atoms with Gasteiger partial charge in [0.15, 0.2) is 6.61 Å². The van der Waals surface area contributed by atoms with Crippen LogP contribution >= 0.6 is 11.3 Å². The van der Waals surface area contributed by atoms with Gasteiger partial charge in [0.25, 0.3) is 0 Å². The van der Waals surface area contributed by atoms with Crippen LogP contribution in [0.25, 0.3) is 6.08 Å². The summed E-state index contributed by atoms with van der Waals surface area (Å²) < 4.78 is 7.34. The molecule has 0 saturated heterocycles. The van der Waals surface area contributed by atoms with Gasteiger partial charge in [-0.3, -0.25) is 4.79 Å². The van der Waals surface area contributed by atoms with Crippen molar-refractivity contribution in [1.29, 1.82) is 0 Å². The maximum atomic E-state index is 11.8. The number of carbonyl (C=O) groups excluding carboxylic acids is 2. The summed E-state index contributed by atoms with van der Waals surface area (Å²) in [4.78, 5) is 24.2. The van der Waals surface area contributed by atoms with E-state index >= 15 is 0 Å². The SMILES string of the molecule is Cc1cc(/C=C/C(=O)OCC(=O)c2cccs2)c(C)n1C1CC1. The number of carbonyl (C=O) groups is 2. The van der Waals surface area contributed by atoms with Crippen molar-refractivity contribution in [2.24, 2.45) is 0 Å². The number of rotatable bonds is 6. The van der Waals surface area contributed by atoms with E-state index in [1.165, 1.54) is 41.6 Å². The quantitative estimate of drug-likeness (QED) is 0.458. The molecule has 120 valence electrons. The Morgan fingerprint density at radius 1 is 1.39 bits per heavy atom. The molecule has 0 spiro atoms. The van der Waals surface area contributed by atoms with E-state index in [2.05, 4.69) is 24.5 Å². The van der Waals surface area contributed by atoms with Crippen LogP contribution in [0.3, 0.4) is 0 Å². The Labute approximate surface area is 139 Å². The predicted octanol–water partition coefficient (Wildman–Crippen LogP) is 3.94. The number of hydrogen-bond acceptors (Lipinski definition) is 4. The lowest BCUT2D eigenvalue weighted by atomic mass is 10.2. The second kappa shape index (κ2) is 6.54. The minimum Gasteiger partial charge on any atom is -0.454 e. The van der Waals surface area contributed by atoms with Crippen molar-refractivity contribution in [2.45, 2.75) is 32.7 Å². The molecule has 0 amide bonds. The van der Waals surface area contributed by atoms with Crippen molar-refractivity contribution in [3.63, 3.8) is 0 Å². The van der Waals surface area contributed by atoms with Crippen molar-refractivity contribution < 1.29 is 14.3 Å². The first-order valence-corrected chi connectivity index (χ1v) is 8.54. The van der Waals surface area contributed by atoms with E-state index in [0.29, 0.717) is 10.9 Å². The standard InChI is InChI=1S/C18H19NO3S/c1-12-10-14(13(2)19(12)15-6-7-15)5-8-18(21)22-11-16(20)17-4-3-9-23-17/h3-5,8-10,15H,6-7,11H2,1-2H3/b8-5+. The third kappa shape index (κ3) is 3.62. The smallest absolute Gasteiger partial charge is 0.331 e. The van der Waals surface area contributed by atoms with Crippen LogP contribution in [0, 0.1) is 13.8 Å². The molecule has 0 aromatic carbocycles. The van der Waals surface area contributed by atoms with E-state index in [-0.39, 0.29) is 12.4 Å². The van der Waals surface area contributed by atoms with Crippen LogP contribution in [0.5, 0.6) is 0 Å². The summed E-state index contributed by atoms with van der Waals surface area (Å²) >= 11 is 1.35. The Hall–Kier alpha value is -2.14. The number of aryl methyl sites for hydroxylation is 1. The fourth-order valence-electron chi connectivity index (χ4n) is 2.72. The van der Waals surface area contributed by atoms with Crippen LogP contribution in [0.2, 0.25) is 0 Å². The lowest BCUT2D eigenvalue weighted by Crippen LogP contribution is -2.11. The van der Waals surface area contributed by atoms with E-state index in [1.807, 2.05) is 5.38 Å². The lowest BCUT2D eigenvalue weighted by molar-refractivity contribution is -0.136. The highest BCUT2D eigenvalue weighted by Crippen LogP contribution is 2.38. The van der Waals surface area contributed by atoms with Gasteiger partial charge in [-0.25, -0.2) is 4.79 Å². The Bertz CT molecular complexity index is 752. The lowest BCUT2D eigenvalue weighted by Gasteiger charge is -2.06. The first kappa shape index (κ1) is 15.7. The van der Waals surface area contributed by atoms with Crippen LogP contribution in [0.15, 0.2) is 29.7 Å². The minimum absolute atomic E-state index is 0.173. The molecular formula is C18H19NO3S. The van der Waals surface area contributed by atoms with Crippen molar-refractivity contribution in [1.82, 2.24) is 4.57 Å². The van der Waals surface area contributed by atoms with Gasteiger partial charge in [-0.2, -0.15) is 0 Å². The maximum absolute atomic E-state index is 11.8. The monoisotopic (exact) mass is 329 g/mol. The van der Waals surface area contributed by atoms with Gasteiger partial charge in [0.2, 0.25) is 5.78 Å². The summed E-state index contributed by atoms with van der Waals surface area (Å²) in [7, 11) is 0. The molecular weight excluding hydrogens is 310 g/mol. The zero-order chi connectivity index (χ0) is 16.4. The van der Waals surface area contributed by atoms with E-state index in [9.17, 15) is 9.59 Å². The van der Waals surface area contributed by atoms with Crippen LogP contribution in [-0.2, 0) is 9.53 Å². The zero-order valence-corrected chi connectivity index (χ0v) is 14.1. The number of ether oxygens (including phenoxy) is 1. The second-order valence-electron chi connectivity index (χ2n) is 5.77. The number of Topliss-reactive ketones (excluding diaryl/α,β-unsaturated/α-hetero) is 1. The highest BCUT2D eigenvalue weighted by molar-refractivity contribution is 7.12. The topological polar surface area (TPSA) is 48.3 Å². The first-order valence-electron chi connectivity index (χ1n) is 7.66. The summed E-state index contributed by atoms with van der Waals surface area (Å²) in [5.41, 5.74) is 3.41. The van der Waals surface area contributed by atoms with E-state index < -0.39 is 5.97 Å². The number of nitrogens with zero attached hydrogens (tertiary/aromatic N) is 1. The molecule has 1 saturated carbocycles. The number of ketones is 1. The Morgan fingerprint density at radius 3 is 2.83 bits per heavy atom. The van der Waals surface area contributed by atoms with Crippen molar-refractivity contribution >= 4 is 29.2 Å². The maximum Gasteiger partial charge on any atom is 0.331 e. The molecule has 0 N–H and O–H groups in total. The minimum atomic E-state index is -0.494. The van der Waals surface area contributed by atoms with Gasteiger partial charge in [-0.05, 0) is 55.8 Å². The fraction of sp³-hybridized carbons (Fsp3) is 0.333. The molecule has 1 fully saturated rings. The van der Waals surface area contributed by atoms with Crippen molar-refractivity contribution in [3.05, 3.63) is 51.5 Å². The van der Waals surface area contributed by atoms with E-state index in [0.717, 1.165) is 5.56 Å². The van der Waals surface area contributed by atoms with Crippen LogP contribution in [-0.4, -0.2) is 22.9 Å². The predicted molar refractivity (Wildman–Crippen MR) is 90.8 cm³/mol. The third-order valence-electron chi connectivity index (χ3n) is 3.98. The molecule has 0 bridgehead atoms. The van der Waals surface area contributed by atoms with E-state index in [1.54, 1.807) is 18.2 Å². The average Bonchev–Trinajstić information content (AvgIpc) is 3.11. The van der Waals surface area contributed by atoms with Gasteiger partial charge < -0.3 is 9.30 Å². The van der Waals surface area contributed by atoms with Gasteiger partial charge in [0.1, 0.15) is 0 Å². The van der Waals surface area contributed by atoms with Gasteiger partial charge >= 0.3 is 5.97 Å². The van der Waals surface area contributed by atoms with Crippen molar-refractivity contribution in [3.8, 4) is 0 Å². The van der Waals surface area contributed by atoms with Gasteiger partial charge in [-0.15, -0.1) is 11.3 Å². The van der Waals surface area contributed by atoms with Crippen LogP contribution in [0.1, 0.15) is 45.5 Å². The molecule has 0 atom stereocenters.